The number of urea groups is 1. The summed E-state index contributed by atoms with van der Waals surface area (Å²) in [6, 6.07) is 12.3. The number of rotatable bonds is 5. The molecule has 0 saturated heterocycles. The van der Waals surface area contributed by atoms with Gasteiger partial charge in [-0.3, -0.25) is 0 Å². The molecule has 23 heavy (non-hydrogen) atoms. The van der Waals surface area contributed by atoms with E-state index in [2.05, 4.69) is 15.4 Å². The Bertz CT molecular complexity index is 704. The lowest BCUT2D eigenvalue weighted by Gasteiger charge is -2.10. The summed E-state index contributed by atoms with van der Waals surface area (Å²) >= 11 is 0. The molecule has 120 valence electrons. The van der Waals surface area contributed by atoms with Crippen molar-refractivity contribution in [2.45, 2.75) is 6.42 Å². The molecule has 0 saturated carbocycles. The highest BCUT2D eigenvalue weighted by molar-refractivity contribution is 6.00. The zero-order chi connectivity index (χ0) is 16.7. The van der Waals surface area contributed by atoms with E-state index in [0.29, 0.717) is 18.7 Å². The zero-order valence-corrected chi connectivity index (χ0v) is 12.6. The minimum atomic E-state index is -0.527. The van der Waals surface area contributed by atoms with Crippen molar-refractivity contribution in [2.24, 2.45) is 0 Å². The summed E-state index contributed by atoms with van der Waals surface area (Å²) in [5.41, 5.74) is 1.43. The van der Waals surface area contributed by atoms with Crippen molar-refractivity contribution in [2.75, 3.05) is 19.0 Å². The second-order valence-corrected chi connectivity index (χ2v) is 4.80. The van der Waals surface area contributed by atoms with Gasteiger partial charge in [0.25, 0.3) is 0 Å². The number of carbonyl (C=O) groups excluding carboxylic acids is 2. The fraction of sp³-hybridized carbons (Fsp3) is 0.176. The van der Waals surface area contributed by atoms with Crippen LogP contribution in [-0.2, 0) is 11.2 Å². The molecule has 0 radical (unpaired) electrons. The first-order valence-corrected chi connectivity index (χ1v) is 7.07. The Labute approximate surface area is 133 Å². The van der Waals surface area contributed by atoms with Gasteiger partial charge in [0.2, 0.25) is 0 Å². The van der Waals surface area contributed by atoms with E-state index >= 15 is 0 Å². The van der Waals surface area contributed by atoms with Gasteiger partial charge < -0.3 is 15.4 Å². The number of carbonyl (C=O) groups is 2. The SMILES string of the molecule is COC(=O)c1ccccc1NC(=O)NCCc1cccc(F)c1. The first-order valence-electron chi connectivity index (χ1n) is 7.07. The number of hydrogen-bond acceptors (Lipinski definition) is 3. The van der Waals surface area contributed by atoms with Crippen LogP contribution in [0.1, 0.15) is 15.9 Å². The third kappa shape index (κ3) is 4.81. The molecule has 2 amide bonds. The van der Waals surface area contributed by atoms with E-state index < -0.39 is 12.0 Å². The Hall–Kier alpha value is -2.89. The number of methoxy groups -OCH3 is 1. The van der Waals surface area contributed by atoms with Crippen LogP contribution in [-0.4, -0.2) is 25.7 Å². The van der Waals surface area contributed by atoms with Gasteiger partial charge in [0.05, 0.1) is 18.4 Å². The summed E-state index contributed by atoms with van der Waals surface area (Å²) in [5.74, 6) is -0.834. The van der Waals surface area contributed by atoms with Crippen LogP contribution >= 0.6 is 0 Å². The monoisotopic (exact) mass is 316 g/mol. The molecule has 2 aromatic carbocycles. The predicted octanol–water partition coefficient (Wildman–Crippen LogP) is 2.98. The third-order valence-corrected chi connectivity index (χ3v) is 3.17. The van der Waals surface area contributed by atoms with Crippen molar-refractivity contribution < 1.29 is 18.7 Å². The molecular weight excluding hydrogens is 299 g/mol. The highest BCUT2D eigenvalue weighted by Gasteiger charge is 2.12. The van der Waals surface area contributed by atoms with Crippen LogP contribution in [0.15, 0.2) is 48.5 Å². The summed E-state index contributed by atoms with van der Waals surface area (Å²) < 4.78 is 17.7. The highest BCUT2D eigenvalue weighted by Crippen LogP contribution is 2.15. The van der Waals surface area contributed by atoms with E-state index in [1.165, 1.54) is 19.2 Å². The molecule has 2 rings (SSSR count). The topological polar surface area (TPSA) is 67.4 Å². The Morgan fingerprint density at radius 1 is 1.13 bits per heavy atom. The fourth-order valence-corrected chi connectivity index (χ4v) is 2.06. The molecule has 6 heteroatoms. The number of nitrogens with one attached hydrogen (secondary N) is 2. The Morgan fingerprint density at radius 2 is 1.91 bits per heavy atom. The minimum Gasteiger partial charge on any atom is -0.465 e. The first-order chi connectivity index (χ1) is 11.1. The Morgan fingerprint density at radius 3 is 2.65 bits per heavy atom. The maximum Gasteiger partial charge on any atom is 0.339 e. The van der Waals surface area contributed by atoms with Gasteiger partial charge in [-0.2, -0.15) is 0 Å². The van der Waals surface area contributed by atoms with E-state index in [9.17, 15) is 14.0 Å². The van der Waals surface area contributed by atoms with E-state index in [4.69, 9.17) is 0 Å². The number of para-hydroxylation sites is 1. The molecule has 0 aliphatic heterocycles. The molecule has 2 aromatic rings. The number of halogens is 1. The molecule has 0 bridgehead atoms. The highest BCUT2D eigenvalue weighted by atomic mass is 19.1. The molecule has 0 spiro atoms. The third-order valence-electron chi connectivity index (χ3n) is 3.17. The van der Waals surface area contributed by atoms with Crippen LogP contribution in [0.5, 0.6) is 0 Å². The summed E-state index contributed by atoms with van der Waals surface area (Å²) in [6.07, 6.45) is 0.504. The number of amides is 2. The molecule has 0 unspecified atom stereocenters. The molecule has 0 atom stereocenters. The number of benzene rings is 2. The standard InChI is InChI=1S/C17H17FN2O3/c1-23-16(21)14-7-2-3-8-15(14)20-17(22)19-10-9-12-5-4-6-13(18)11-12/h2-8,11H,9-10H2,1H3,(H2,19,20,22). The predicted molar refractivity (Wildman–Crippen MR) is 84.9 cm³/mol. The number of esters is 1. The van der Waals surface area contributed by atoms with E-state index in [-0.39, 0.29) is 11.4 Å². The summed E-state index contributed by atoms with van der Waals surface area (Å²) in [7, 11) is 1.28. The van der Waals surface area contributed by atoms with Gasteiger partial charge >= 0.3 is 12.0 Å². The zero-order valence-electron chi connectivity index (χ0n) is 12.6. The molecule has 0 fully saturated rings. The molecular formula is C17H17FN2O3. The van der Waals surface area contributed by atoms with Crippen LogP contribution in [0.4, 0.5) is 14.9 Å². The lowest BCUT2D eigenvalue weighted by molar-refractivity contribution is 0.0602. The van der Waals surface area contributed by atoms with Crippen molar-refractivity contribution in [1.82, 2.24) is 5.32 Å². The van der Waals surface area contributed by atoms with E-state index in [1.54, 1.807) is 36.4 Å². The van der Waals surface area contributed by atoms with Gasteiger partial charge in [-0.15, -0.1) is 0 Å². The van der Waals surface area contributed by atoms with Crippen molar-refractivity contribution in [3.8, 4) is 0 Å². The van der Waals surface area contributed by atoms with Gasteiger partial charge in [-0.1, -0.05) is 24.3 Å². The quantitative estimate of drug-likeness (QED) is 0.833. The number of ether oxygens (including phenoxy) is 1. The smallest absolute Gasteiger partial charge is 0.339 e. The van der Waals surface area contributed by atoms with Gasteiger partial charge in [0.1, 0.15) is 5.82 Å². The molecule has 0 aliphatic carbocycles. The second kappa shape index (κ2) is 7.93. The summed E-state index contributed by atoms with van der Waals surface area (Å²) in [6.45, 7) is 0.343. The fourth-order valence-electron chi connectivity index (χ4n) is 2.06. The first kappa shape index (κ1) is 16.5. The average molecular weight is 316 g/mol. The van der Waals surface area contributed by atoms with Gasteiger partial charge in [-0.05, 0) is 36.2 Å². The van der Waals surface area contributed by atoms with Gasteiger partial charge in [0, 0.05) is 6.54 Å². The van der Waals surface area contributed by atoms with Gasteiger partial charge in [0.15, 0.2) is 0 Å². The maximum absolute atomic E-state index is 13.1. The second-order valence-electron chi connectivity index (χ2n) is 4.80. The van der Waals surface area contributed by atoms with Crippen molar-refractivity contribution in [1.29, 1.82) is 0 Å². The number of anilines is 1. The lowest BCUT2D eigenvalue weighted by Crippen LogP contribution is -2.31. The molecule has 0 heterocycles. The Kier molecular flexibility index (Phi) is 5.68. The van der Waals surface area contributed by atoms with Gasteiger partial charge in [-0.25, -0.2) is 14.0 Å². The normalized spacial score (nSPS) is 10.0. The van der Waals surface area contributed by atoms with Crippen molar-refractivity contribution in [3.05, 3.63) is 65.5 Å². The molecule has 0 aliphatic rings. The van der Waals surface area contributed by atoms with E-state index in [1.807, 2.05) is 0 Å². The minimum absolute atomic E-state index is 0.273. The maximum atomic E-state index is 13.1. The Balaban J connectivity index is 1.89. The molecule has 5 nitrogen and oxygen atoms in total. The van der Waals surface area contributed by atoms with Crippen LogP contribution < -0.4 is 10.6 Å². The van der Waals surface area contributed by atoms with Crippen LogP contribution in [0.2, 0.25) is 0 Å². The van der Waals surface area contributed by atoms with Crippen molar-refractivity contribution >= 4 is 17.7 Å². The lowest BCUT2D eigenvalue weighted by atomic mass is 10.1. The van der Waals surface area contributed by atoms with Crippen LogP contribution in [0.25, 0.3) is 0 Å². The largest absolute Gasteiger partial charge is 0.465 e. The average Bonchev–Trinajstić information content (AvgIpc) is 2.55. The number of hydrogen-bond donors (Lipinski definition) is 2. The van der Waals surface area contributed by atoms with Crippen molar-refractivity contribution in [3.63, 3.8) is 0 Å². The summed E-state index contributed by atoms with van der Waals surface area (Å²) in [5, 5.41) is 5.26. The molecule has 0 aromatic heterocycles. The van der Waals surface area contributed by atoms with Crippen LogP contribution in [0.3, 0.4) is 0 Å². The van der Waals surface area contributed by atoms with E-state index in [0.717, 1.165) is 5.56 Å². The van der Waals surface area contributed by atoms with Crippen LogP contribution in [0, 0.1) is 5.82 Å². The molecule has 2 N–H and O–H groups in total. The summed E-state index contributed by atoms with van der Waals surface area (Å²) in [4.78, 5) is 23.5.